The molecular weight excluding hydrogens is 256 g/mol. The molecule has 0 aromatic rings. The van der Waals surface area contributed by atoms with Gasteiger partial charge in [0.1, 0.15) is 0 Å². The molecule has 0 amide bonds. The van der Waals surface area contributed by atoms with Crippen LogP contribution in [0.1, 0.15) is 73.1 Å². The van der Waals surface area contributed by atoms with E-state index in [0.717, 1.165) is 24.3 Å². The fourth-order valence-electron chi connectivity index (χ4n) is 5.31. The first-order valence-electron chi connectivity index (χ1n) is 8.71. The zero-order chi connectivity index (χ0) is 15.8. The first kappa shape index (κ1) is 16.8. The Bertz CT molecular complexity index is 431. The fourth-order valence-corrected chi connectivity index (χ4v) is 5.31. The summed E-state index contributed by atoms with van der Waals surface area (Å²) >= 11 is 0. The summed E-state index contributed by atoms with van der Waals surface area (Å²) in [7, 11) is 0. The van der Waals surface area contributed by atoms with Crippen LogP contribution in [0.15, 0.2) is 23.8 Å². The van der Waals surface area contributed by atoms with Crippen LogP contribution in [0.2, 0.25) is 0 Å². The maximum absolute atomic E-state index is 10.5. The van der Waals surface area contributed by atoms with Crippen molar-refractivity contribution in [1.82, 2.24) is 0 Å². The highest BCUT2D eigenvalue weighted by molar-refractivity contribution is 5.18. The third-order valence-electron chi connectivity index (χ3n) is 6.76. The third kappa shape index (κ3) is 2.99. The summed E-state index contributed by atoms with van der Waals surface area (Å²) in [5, 5.41) is 10.5. The molecule has 120 valence electrons. The summed E-state index contributed by atoms with van der Waals surface area (Å²) in [5.41, 5.74) is 3.25. The maximum atomic E-state index is 10.5. The number of hydrogen-bond donors (Lipinski definition) is 1. The van der Waals surface area contributed by atoms with Gasteiger partial charge in [0, 0.05) is 0 Å². The average molecular weight is 290 g/mol. The van der Waals surface area contributed by atoms with Gasteiger partial charge in [0.25, 0.3) is 0 Å². The van der Waals surface area contributed by atoms with E-state index in [9.17, 15) is 5.11 Å². The van der Waals surface area contributed by atoms with Crippen LogP contribution in [0, 0.1) is 22.7 Å². The van der Waals surface area contributed by atoms with E-state index in [4.69, 9.17) is 0 Å². The molecule has 0 saturated heterocycles. The Labute approximate surface area is 131 Å². The molecule has 2 aliphatic rings. The lowest BCUT2D eigenvalue weighted by atomic mass is 9.47. The third-order valence-corrected chi connectivity index (χ3v) is 6.76. The van der Waals surface area contributed by atoms with Crippen molar-refractivity contribution < 1.29 is 5.11 Å². The summed E-state index contributed by atoms with van der Waals surface area (Å²) in [5.74, 6) is 1.24. The molecule has 0 unspecified atom stereocenters. The molecule has 0 heterocycles. The minimum Gasteiger partial charge on any atom is -0.389 e. The predicted molar refractivity (Wildman–Crippen MR) is 91.1 cm³/mol. The number of rotatable bonds is 3. The Morgan fingerprint density at radius 3 is 2.67 bits per heavy atom. The quantitative estimate of drug-likeness (QED) is 0.680. The van der Waals surface area contributed by atoms with Crippen LogP contribution in [0.25, 0.3) is 0 Å². The zero-order valence-electron chi connectivity index (χ0n) is 14.7. The van der Waals surface area contributed by atoms with Crippen molar-refractivity contribution in [2.75, 3.05) is 0 Å². The standard InChI is InChI=1S/C20H34O/c1-7-14(2)17(21)13-16-15(3)9-10-18-19(4,5)11-8-12-20(16,18)6/h7,16-18,21H,3,8-13H2,1-2,4-6H3/b14-7+/t16-,17-,18-,20+/m0/s1. The van der Waals surface area contributed by atoms with Gasteiger partial charge in [-0.2, -0.15) is 0 Å². The SMILES string of the molecule is C=C1CC[C@H]2C(C)(C)CCC[C@]2(C)[C@H]1C[C@H](O)/C(C)=C/C. The van der Waals surface area contributed by atoms with Crippen LogP contribution >= 0.6 is 0 Å². The first-order valence-corrected chi connectivity index (χ1v) is 8.71. The van der Waals surface area contributed by atoms with Crippen molar-refractivity contribution in [3.63, 3.8) is 0 Å². The van der Waals surface area contributed by atoms with Crippen LogP contribution in [0.3, 0.4) is 0 Å². The highest BCUT2D eigenvalue weighted by Crippen LogP contribution is 2.61. The lowest BCUT2D eigenvalue weighted by Crippen LogP contribution is -2.50. The van der Waals surface area contributed by atoms with Crippen LogP contribution < -0.4 is 0 Å². The summed E-state index contributed by atoms with van der Waals surface area (Å²) < 4.78 is 0. The highest BCUT2D eigenvalue weighted by atomic mass is 16.3. The molecule has 1 N–H and O–H groups in total. The largest absolute Gasteiger partial charge is 0.389 e. The minimum atomic E-state index is -0.308. The molecule has 2 saturated carbocycles. The van der Waals surface area contributed by atoms with E-state index in [0.29, 0.717) is 16.7 Å². The topological polar surface area (TPSA) is 20.2 Å². The van der Waals surface area contributed by atoms with Crippen molar-refractivity contribution in [2.45, 2.75) is 79.2 Å². The molecule has 0 radical (unpaired) electrons. The molecular formula is C20H34O. The molecule has 0 spiro atoms. The van der Waals surface area contributed by atoms with Crippen molar-refractivity contribution >= 4 is 0 Å². The molecule has 21 heavy (non-hydrogen) atoms. The Balaban J connectivity index is 2.27. The van der Waals surface area contributed by atoms with Crippen LogP contribution in [0.5, 0.6) is 0 Å². The van der Waals surface area contributed by atoms with E-state index in [1.54, 1.807) is 0 Å². The lowest BCUT2D eigenvalue weighted by Gasteiger charge is -2.58. The van der Waals surface area contributed by atoms with Gasteiger partial charge in [-0.3, -0.25) is 0 Å². The van der Waals surface area contributed by atoms with Gasteiger partial charge < -0.3 is 5.11 Å². The normalized spacial score (nSPS) is 38.0. The molecule has 2 fully saturated rings. The van der Waals surface area contributed by atoms with E-state index in [2.05, 4.69) is 27.4 Å². The molecule has 0 aromatic carbocycles. The van der Waals surface area contributed by atoms with Gasteiger partial charge >= 0.3 is 0 Å². The van der Waals surface area contributed by atoms with Crippen molar-refractivity contribution in [3.05, 3.63) is 23.8 Å². The second-order valence-electron chi connectivity index (χ2n) is 8.43. The molecule has 0 aromatic heterocycles. The zero-order valence-corrected chi connectivity index (χ0v) is 14.7. The van der Waals surface area contributed by atoms with Gasteiger partial charge in [0.15, 0.2) is 0 Å². The van der Waals surface area contributed by atoms with Crippen LogP contribution in [-0.4, -0.2) is 11.2 Å². The minimum absolute atomic E-state index is 0.308. The van der Waals surface area contributed by atoms with Gasteiger partial charge in [-0.25, -0.2) is 0 Å². The number of allylic oxidation sites excluding steroid dienone is 2. The van der Waals surface area contributed by atoms with E-state index in [1.807, 2.05) is 19.9 Å². The number of aliphatic hydroxyl groups is 1. The Morgan fingerprint density at radius 2 is 2.05 bits per heavy atom. The second kappa shape index (κ2) is 5.91. The fraction of sp³-hybridized carbons (Fsp3) is 0.800. The monoisotopic (exact) mass is 290 g/mol. The number of fused-ring (bicyclic) bond motifs is 1. The van der Waals surface area contributed by atoms with Crippen molar-refractivity contribution in [2.24, 2.45) is 22.7 Å². The molecule has 2 aliphatic carbocycles. The summed E-state index contributed by atoms with van der Waals surface area (Å²) in [6.07, 6.45) is 9.00. The van der Waals surface area contributed by atoms with E-state index >= 15 is 0 Å². The van der Waals surface area contributed by atoms with Gasteiger partial charge in [-0.15, -0.1) is 0 Å². The van der Waals surface area contributed by atoms with E-state index in [1.165, 1.54) is 31.3 Å². The summed E-state index contributed by atoms with van der Waals surface area (Å²) in [6.45, 7) is 15.8. The number of hydrogen-bond acceptors (Lipinski definition) is 1. The Morgan fingerprint density at radius 1 is 1.38 bits per heavy atom. The molecule has 1 heteroatoms. The predicted octanol–water partition coefficient (Wildman–Crippen LogP) is 5.50. The van der Waals surface area contributed by atoms with E-state index in [-0.39, 0.29) is 6.10 Å². The second-order valence-corrected chi connectivity index (χ2v) is 8.43. The Hall–Kier alpha value is -0.560. The molecule has 0 bridgehead atoms. The smallest absolute Gasteiger partial charge is 0.0753 e. The van der Waals surface area contributed by atoms with Crippen molar-refractivity contribution in [1.29, 1.82) is 0 Å². The summed E-state index contributed by atoms with van der Waals surface area (Å²) in [4.78, 5) is 0. The van der Waals surface area contributed by atoms with Gasteiger partial charge in [0.2, 0.25) is 0 Å². The molecule has 4 atom stereocenters. The number of aliphatic hydroxyl groups excluding tert-OH is 1. The molecule has 1 nitrogen and oxygen atoms in total. The van der Waals surface area contributed by atoms with Crippen molar-refractivity contribution in [3.8, 4) is 0 Å². The van der Waals surface area contributed by atoms with E-state index < -0.39 is 0 Å². The lowest BCUT2D eigenvalue weighted by molar-refractivity contribution is -0.0612. The Kier molecular flexibility index (Phi) is 4.73. The van der Waals surface area contributed by atoms with Gasteiger partial charge in [0.05, 0.1) is 6.10 Å². The maximum Gasteiger partial charge on any atom is 0.0753 e. The van der Waals surface area contributed by atoms with Gasteiger partial charge in [-0.05, 0) is 74.2 Å². The highest BCUT2D eigenvalue weighted by Gasteiger charge is 2.52. The molecule has 2 rings (SSSR count). The average Bonchev–Trinajstić information content (AvgIpc) is 2.40. The molecule has 0 aliphatic heterocycles. The first-order chi connectivity index (χ1) is 9.72. The van der Waals surface area contributed by atoms with Crippen LogP contribution in [-0.2, 0) is 0 Å². The summed E-state index contributed by atoms with van der Waals surface area (Å²) in [6, 6.07) is 0. The van der Waals surface area contributed by atoms with Crippen LogP contribution in [0.4, 0.5) is 0 Å². The van der Waals surface area contributed by atoms with Gasteiger partial charge in [-0.1, -0.05) is 45.4 Å².